The molecule has 0 aliphatic carbocycles. The molecule has 160 valence electrons. The topological polar surface area (TPSA) is 152 Å². The predicted octanol–water partition coefficient (Wildman–Crippen LogP) is 1.82. The van der Waals surface area contributed by atoms with Crippen molar-refractivity contribution in [3.63, 3.8) is 0 Å². The average molecular weight is 442 g/mol. The molecule has 0 saturated heterocycles. The molecule has 0 aliphatic rings. The normalized spacial score (nSPS) is 13.2. The molecule has 4 aromatic rings. The molecule has 0 bridgehead atoms. The zero-order valence-corrected chi connectivity index (χ0v) is 17.1. The van der Waals surface area contributed by atoms with Crippen molar-refractivity contribution in [3.8, 4) is 11.3 Å². The molecular formula is C20H19N4O6P. The minimum Gasteiger partial charge on any atom is -0.756 e. The van der Waals surface area contributed by atoms with Gasteiger partial charge in [-0.25, -0.2) is 4.57 Å². The number of hydrogen-bond donors (Lipinski definition) is 2. The number of rotatable bonds is 8. The number of benzene rings is 1. The Balaban J connectivity index is 1.45. The Kier molecular flexibility index (Phi) is 5.97. The van der Waals surface area contributed by atoms with Crippen LogP contribution >= 0.6 is 7.82 Å². The lowest BCUT2D eigenvalue weighted by atomic mass is 10.0. The number of phosphoric ester groups is 1. The first-order valence-corrected chi connectivity index (χ1v) is 10.8. The van der Waals surface area contributed by atoms with Gasteiger partial charge in [-0.2, -0.15) is 0 Å². The number of phosphoric acid groups is 1. The lowest BCUT2D eigenvalue weighted by Crippen LogP contribution is -2.38. The summed E-state index contributed by atoms with van der Waals surface area (Å²) in [6, 6.07) is 13.3. The van der Waals surface area contributed by atoms with Gasteiger partial charge in [-0.1, -0.05) is 34.6 Å². The van der Waals surface area contributed by atoms with Gasteiger partial charge in [-0.15, -0.1) is 0 Å². The smallest absolute Gasteiger partial charge is 0.285 e. The quantitative estimate of drug-likeness (QED) is 0.307. The summed E-state index contributed by atoms with van der Waals surface area (Å²) in [5, 5.41) is 7.80. The van der Waals surface area contributed by atoms with E-state index in [-0.39, 0.29) is 5.82 Å². The molecule has 0 fully saturated rings. The van der Waals surface area contributed by atoms with Crippen LogP contribution in [0, 0.1) is 0 Å². The molecule has 10 nitrogen and oxygen atoms in total. The molecule has 3 aromatic heterocycles. The maximum absolute atomic E-state index is 10.8. The summed E-state index contributed by atoms with van der Waals surface area (Å²) in [5.41, 5.74) is 10.5. The van der Waals surface area contributed by atoms with Gasteiger partial charge in [0.15, 0.2) is 12.5 Å². The van der Waals surface area contributed by atoms with Crippen LogP contribution < -0.4 is 15.2 Å². The zero-order valence-electron chi connectivity index (χ0n) is 16.2. The van der Waals surface area contributed by atoms with Gasteiger partial charge < -0.3 is 18.8 Å². The largest absolute Gasteiger partial charge is 0.756 e. The van der Waals surface area contributed by atoms with Gasteiger partial charge >= 0.3 is 0 Å². The summed E-state index contributed by atoms with van der Waals surface area (Å²) in [4.78, 5) is 19.6. The third-order valence-electron chi connectivity index (χ3n) is 4.60. The Bertz CT molecular complexity index is 1200. The maximum atomic E-state index is 10.8. The second-order valence-corrected chi connectivity index (χ2v) is 8.08. The van der Waals surface area contributed by atoms with Crippen LogP contribution in [0.2, 0.25) is 0 Å². The molecule has 0 saturated carbocycles. The fourth-order valence-corrected chi connectivity index (χ4v) is 3.35. The van der Waals surface area contributed by atoms with E-state index in [0.717, 1.165) is 23.1 Å². The number of nitrogens with zero attached hydrogens (tertiary/aromatic N) is 3. The highest BCUT2D eigenvalue weighted by Crippen LogP contribution is 2.30. The minimum absolute atomic E-state index is 0.205. The molecule has 0 spiro atoms. The predicted molar refractivity (Wildman–Crippen MR) is 106 cm³/mol. The molecule has 4 rings (SSSR count). The highest BCUT2D eigenvalue weighted by molar-refractivity contribution is 7.44. The molecule has 1 aromatic carbocycles. The van der Waals surface area contributed by atoms with Crippen LogP contribution in [0.5, 0.6) is 0 Å². The Hall–Kier alpha value is -3.30. The zero-order chi connectivity index (χ0) is 21.8. The molecule has 0 radical (unpaired) electrons. The maximum Gasteiger partial charge on any atom is 0.285 e. The molecule has 11 heteroatoms. The Morgan fingerprint density at radius 2 is 1.90 bits per heavy atom. The summed E-state index contributed by atoms with van der Waals surface area (Å²) in [6.45, 7) is -0.459. The van der Waals surface area contributed by atoms with Crippen LogP contribution in [0.25, 0.3) is 11.3 Å². The second-order valence-electron chi connectivity index (χ2n) is 6.89. The molecule has 3 heterocycles. The van der Waals surface area contributed by atoms with Gasteiger partial charge in [0.05, 0.1) is 18.1 Å². The van der Waals surface area contributed by atoms with Crippen LogP contribution in [0.3, 0.4) is 0 Å². The van der Waals surface area contributed by atoms with Crippen LogP contribution in [0.4, 0.5) is 5.82 Å². The second kappa shape index (κ2) is 8.83. The average Bonchev–Trinajstić information content (AvgIpc) is 3.40. The van der Waals surface area contributed by atoms with E-state index in [1.54, 1.807) is 30.7 Å². The Labute approximate surface area is 177 Å². The van der Waals surface area contributed by atoms with Crippen LogP contribution in [-0.2, 0) is 28.7 Å². The van der Waals surface area contributed by atoms with E-state index in [9.17, 15) is 9.46 Å². The molecule has 0 amide bonds. The van der Waals surface area contributed by atoms with Crippen LogP contribution in [0.1, 0.15) is 22.4 Å². The number of pyridine rings is 1. The van der Waals surface area contributed by atoms with E-state index in [1.807, 2.05) is 24.3 Å². The highest BCUT2D eigenvalue weighted by atomic mass is 31.2. The standard InChI is InChI=1S/C20H19N4O6P/c21-20-18(2-1-7-24(20)13-29-31(25,26)27)19-10-17(23-30-19)9-15-5-3-14(4-6-15)8-16-11-22-28-12-16/h1-7,10-12,21H,8-9,13H2,(H2,25,26,27). The molecular weight excluding hydrogens is 423 g/mol. The van der Waals surface area contributed by atoms with Crippen molar-refractivity contribution in [2.45, 2.75) is 19.6 Å². The summed E-state index contributed by atoms with van der Waals surface area (Å²) < 4.78 is 26.8. The first kappa shape index (κ1) is 21.0. The van der Waals surface area contributed by atoms with E-state index in [4.69, 9.17) is 19.7 Å². The van der Waals surface area contributed by atoms with Gasteiger partial charge in [-0.05, 0) is 23.3 Å². The number of hydrogen-bond acceptors (Lipinski definition) is 8. The Morgan fingerprint density at radius 1 is 1.16 bits per heavy atom. The molecule has 1 atom stereocenters. The van der Waals surface area contributed by atoms with Crippen molar-refractivity contribution in [1.82, 2.24) is 10.3 Å². The third-order valence-corrected chi connectivity index (χ3v) is 5.04. The summed E-state index contributed by atoms with van der Waals surface area (Å²) >= 11 is 0. The van der Waals surface area contributed by atoms with E-state index in [2.05, 4.69) is 14.8 Å². The number of nitrogens with two attached hydrogens (primary N) is 1. The minimum atomic E-state index is -4.86. The molecule has 3 N–H and O–H groups in total. The van der Waals surface area contributed by atoms with E-state index < -0.39 is 14.6 Å². The van der Waals surface area contributed by atoms with Gasteiger partial charge in [-0.3, -0.25) is 14.8 Å². The number of aromatic nitrogens is 3. The fourth-order valence-electron chi connectivity index (χ4n) is 3.08. The van der Waals surface area contributed by atoms with Gasteiger partial charge in [0.25, 0.3) is 13.6 Å². The molecule has 0 aliphatic heterocycles. The lowest BCUT2D eigenvalue weighted by Gasteiger charge is -2.14. The Morgan fingerprint density at radius 3 is 2.58 bits per heavy atom. The van der Waals surface area contributed by atoms with Crippen LogP contribution in [-0.4, -0.2) is 15.2 Å². The van der Waals surface area contributed by atoms with Crippen molar-refractivity contribution in [2.24, 2.45) is 0 Å². The van der Waals surface area contributed by atoms with Crippen LogP contribution in [0.15, 0.2) is 70.2 Å². The van der Waals surface area contributed by atoms with E-state index >= 15 is 0 Å². The van der Waals surface area contributed by atoms with Crippen molar-refractivity contribution < 1.29 is 32.5 Å². The van der Waals surface area contributed by atoms with Gasteiger partial charge in [0, 0.05) is 24.5 Å². The first-order chi connectivity index (χ1) is 14.9. The van der Waals surface area contributed by atoms with E-state index in [0.29, 0.717) is 23.4 Å². The molecule has 1 unspecified atom stereocenters. The monoisotopic (exact) mass is 442 g/mol. The van der Waals surface area contributed by atoms with Crippen molar-refractivity contribution in [3.05, 3.63) is 83.5 Å². The third kappa shape index (κ3) is 5.44. The summed E-state index contributed by atoms with van der Waals surface area (Å²) in [7, 11) is -4.86. The first-order valence-electron chi connectivity index (χ1n) is 9.26. The van der Waals surface area contributed by atoms with Gasteiger partial charge in [0.2, 0.25) is 0 Å². The summed E-state index contributed by atoms with van der Waals surface area (Å²) in [5.74, 6) is 0.636. The van der Waals surface area contributed by atoms with Crippen molar-refractivity contribution in [2.75, 3.05) is 5.73 Å². The SMILES string of the molecule is Nc1c(-c2cc(Cc3ccc(Cc4cnoc4)cc3)no2)ccc[n+]1COP(=O)([O-])O. The lowest BCUT2D eigenvalue weighted by molar-refractivity contribution is -0.712. The van der Waals surface area contributed by atoms with Crippen molar-refractivity contribution in [1.29, 1.82) is 0 Å². The fraction of sp³-hybridized carbons (Fsp3) is 0.150. The van der Waals surface area contributed by atoms with E-state index in [1.165, 1.54) is 10.8 Å². The number of anilines is 1. The summed E-state index contributed by atoms with van der Waals surface area (Å²) in [6.07, 6.45) is 6.15. The molecule has 31 heavy (non-hydrogen) atoms. The highest BCUT2D eigenvalue weighted by Gasteiger charge is 2.18. The van der Waals surface area contributed by atoms with Gasteiger partial charge in [0.1, 0.15) is 11.8 Å². The number of nitrogen functional groups attached to an aromatic ring is 1. The van der Waals surface area contributed by atoms with Crippen molar-refractivity contribution >= 4 is 13.6 Å².